The van der Waals surface area contributed by atoms with Crippen LogP contribution in [0.25, 0.3) is 0 Å². The van der Waals surface area contributed by atoms with Gasteiger partial charge in [-0.1, -0.05) is 6.92 Å². The van der Waals surface area contributed by atoms with E-state index in [1.165, 1.54) is 6.20 Å². The van der Waals surface area contributed by atoms with E-state index in [0.717, 1.165) is 18.4 Å². The molecule has 2 amide bonds. The second-order valence-corrected chi connectivity index (χ2v) is 7.42. The molecule has 0 saturated carbocycles. The van der Waals surface area contributed by atoms with Gasteiger partial charge in [-0.05, 0) is 50.3 Å². The minimum Gasteiger partial charge on any atom is -0.383 e. The van der Waals surface area contributed by atoms with Gasteiger partial charge in [0.15, 0.2) is 0 Å². The van der Waals surface area contributed by atoms with E-state index in [0.29, 0.717) is 24.0 Å². The first-order valence-electron chi connectivity index (χ1n) is 8.84. The molecule has 5 N–H and O–H groups in total. The molecular formula is C18H26N6O2. The molecule has 1 unspecified atom stereocenters. The van der Waals surface area contributed by atoms with E-state index < -0.39 is 17.4 Å². The maximum Gasteiger partial charge on any atom is 0.313 e. The van der Waals surface area contributed by atoms with Gasteiger partial charge in [-0.25, -0.2) is 10.4 Å². The minimum atomic E-state index is -0.659. The third kappa shape index (κ3) is 3.50. The Balaban J connectivity index is 1.77. The molecule has 8 heteroatoms. The van der Waals surface area contributed by atoms with Crippen LogP contribution in [0, 0.1) is 12.8 Å². The van der Waals surface area contributed by atoms with Gasteiger partial charge in [0, 0.05) is 12.7 Å². The first-order valence-corrected chi connectivity index (χ1v) is 8.84. The Hall–Kier alpha value is -2.61. The number of anilines is 2. The molecule has 0 aromatic carbocycles. The van der Waals surface area contributed by atoms with Crippen molar-refractivity contribution >= 4 is 23.3 Å². The summed E-state index contributed by atoms with van der Waals surface area (Å²) in [4.78, 5) is 31.2. The van der Waals surface area contributed by atoms with Gasteiger partial charge in [0.2, 0.25) is 0 Å². The second kappa shape index (κ2) is 6.95. The summed E-state index contributed by atoms with van der Waals surface area (Å²) < 4.78 is 0. The lowest BCUT2D eigenvalue weighted by Crippen LogP contribution is -2.63. The maximum absolute atomic E-state index is 12.9. The highest BCUT2D eigenvalue weighted by molar-refractivity contribution is 6.39. The lowest BCUT2D eigenvalue weighted by molar-refractivity contribution is -0.147. The van der Waals surface area contributed by atoms with Gasteiger partial charge in [0.25, 0.3) is 0 Å². The van der Waals surface area contributed by atoms with Crippen molar-refractivity contribution < 1.29 is 9.59 Å². The topological polar surface area (TPSA) is 112 Å². The van der Waals surface area contributed by atoms with Crippen LogP contribution >= 0.6 is 0 Å². The van der Waals surface area contributed by atoms with Gasteiger partial charge in [0.1, 0.15) is 5.82 Å². The smallest absolute Gasteiger partial charge is 0.313 e. The number of nitrogens with zero attached hydrogens (tertiary/aromatic N) is 2. The zero-order valence-corrected chi connectivity index (χ0v) is 15.4. The monoisotopic (exact) mass is 358 g/mol. The van der Waals surface area contributed by atoms with Crippen LogP contribution in [0.5, 0.6) is 0 Å². The van der Waals surface area contributed by atoms with E-state index in [-0.39, 0.29) is 6.04 Å². The molecule has 3 rings (SSSR count). The summed E-state index contributed by atoms with van der Waals surface area (Å²) in [5.41, 5.74) is 12.7. The fourth-order valence-electron chi connectivity index (χ4n) is 3.62. The fourth-order valence-corrected chi connectivity index (χ4v) is 3.62. The molecule has 3 heterocycles. The molecule has 0 bridgehead atoms. The molecule has 26 heavy (non-hydrogen) atoms. The standard InChI is InChI=1S/C18H26N6O2/c1-11-4-5-14(18(3)6-7-21-23-18)24(10-11)17(26)16(25)22-13-8-12(2)15(19)20-9-13/h6-9,11,14,21,23H,4-5,10H2,1-3H3,(H2,19,20)(H,22,25)/t11-,14+,18?/m1/s1. The Morgan fingerprint density at radius 3 is 2.85 bits per heavy atom. The SMILES string of the molecule is Cc1cc(NC(=O)C(=O)N2C[C@H](C)CC[C@H]2C2(C)C=CNN2)cnc1N. The van der Waals surface area contributed by atoms with E-state index in [2.05, 4.69) is 28.1 Å². The van der Waals surface area contributed by atoms with Crippen molar-refractivity contribution in [2.24, 2.45) is 5.92 Å². The average molecular weight is 358 g/mol. The molecule has 1 aromatic rings. The molecular weight excluding hydrogens is 332 g/mol. The number of likely N-dealkylation sites (tertiary alicyclic amines) is 1. The van der Waals surface area contributed by atoms with Crippen molar-refractivity contribution in [2.75, 3.05) is 17.6 Å². The number of nitrogens with two attached hydrogens (primary N) is 1. The molecule has 0 radical (unpaired) electrons. The second-order valence-electron chi connectivity index (χ2n) is 7.42. The third-order valence-electron chi connectivity index (χ3n) is 5.20. The highest BCUT2D eigenvalue weighted by Gasteiger charge is 2.43. The summed E-state index contributed by atoms with van der Waals surface area (Å²) in [6.07, 6.45) is 7.12. The van der Waals surface area contributed by atoms with Crippen LogP contribution in [-0.4, -0.2) is 39.8 Å². The van der Waals surface area contributed by atoms with Crippen molar-refractivity contribution in [3.8, 4) is 0 Å². The molecule has 3 atom stereocenters. The number of piperidine rings is 1. The molecule has 0 spiro atoms. The summed E-state index contributed by atoms with van der Waals surface area (Å²) in [5.74, 6) is -0.433. The van der Waals surface area contributed by atoms with E-state index in [1.54, 1.807) is 17.9 Å². The molecule has 140 valence electrons. The largest absolute Gasteiger partial charge is 0.383 e. The van der Waals surface area contributed by atoms with E-state index in [1.807, 2.05) is 19.2 Å². The summed E-state index contributed by atoms with van der Waals surface area (Å²) in [5, 5.41) is 2.64. The highest BCUT2D eigenvalue weighted by Crippen LogP contribution is 2.31. The van der Waals surface area contributed by atoms with Crippen molar-refractivity contribution in [1.82, 2.24) is 20.7 Å². The first-order chi connectivity index (χ1) is 12.3. The summed E-state index contributed by atoms with van der Waals surface area (Å²) >= 11 is 0. The number of amides is 2. The summed E-state index contributed by atoms with van der Waals surface area (Å²) in [6.45, 7) is 6.48. The summed E-state index contributed by atoms with van der Waals surface area (Å²) in [6, 6.07) is 1.60. The van der Waals surface area contributed by atoms with Crippen LogP contribution in [0.2, 0.25) is 0 Å². The van der Waals surface area contributed by atoms with Gasteiger partial charge in [0.05, 0.1) is 23.5 Å². The quantitative estimate of drug-likeness (QED) is 0.585. The molecule has 8 nitrogen and oxygen atoms in total. The van der Waals surface area contributed by atoms with E-state index in [4.69, 9.17) is 5.73 Å². The number of aromatic nitrogens is 1. The number of carbonyl (C=O) groups excluding carboxylic acids is 2. The number of hydrazine groups is 1. The van der Waals surface area contributed by atoms with Crippen molar-refractivity contribution in [2.45, 2.75) is 45.2 Å². The van der Waals surface area contributed by atoms with Gasteiger partial charge in [-0.3, -0.25) is 9.59 Å². The predicted molar refractivity (Wildman–Crippen MR) is 99.7 cm³/mol. The first kappa shape index (κ1) is 18.2. The lowest BCUT2D eigenvalue weighted by atomic mass is 9.82. The molecule has 1 aromatic heterocycles. The minimum absolute atomic E-state index is 0.102. The van der Waals surface area contributed by atoms with Crippen LogP contribution < -0.4 is 21.9 Å². The Morgan fingerprint density at radius 1 is 1.42 bits per heavy atom. The zero-order chi connectivity index (χ0) is 18.9. The number of rotatable bonds is 2. The number of carbonyl (C=O) groups is 2. The van der Waals surface area contributed by atoms with Crippen LogP contribution in [-0.2, 0) is 9.59 Å². The number of nitrogens with one attached hydrogen (secondary N) is 3. The van der Waals surface area contributed by atoms with Crippen molar-refractivity contribution in [3.63, 3.8) is 0 Å². The molecule has 1 fully saturated rings. The van der Waals surface area contributed by atoms with Crippen LogP contribution in [0.1, 0.15) is 32.3 Å². The number of aryl methyl sites for hydroxylation is 1. The van der Waals surface area contributed by atoms with Crippen LogP contribution in [0.4, 0.5) is 11.5 Å². The number of hydrogen-bond acceptors (Lipinski definition) is 6. The Bertz CT molecular complexity index is 749. The van der Waals surface area contributed by atoms with Gasteiger partial charge in [-0.15, -0.1) is 0 Å². The fraction of sp³-hybridized carbons (Fsp3) is 0.500. The number of nitrogen functional groups attached to an aromatic ring is 1. The van der Waals surface area contributed by atoms with E-state index >= 15 is 0 Å². The molecule has 0 aliphatic carbocycles. The van der Waals surface area contributed by atoms with Gasteiger partial charge in [-0.2, -0.15) is 0 Å². The van der Waals surface area contributed by atoms with Gasteiger partial charge >= 0.3 is 11.8 Å². The number of pyridine rings is 1. The Morgan fingerprint density at radius 2 is 2.19 bits per heavy atom. The molecule has 2 aliphatic heterocycles. The normalized spacial score (nSPS) is 27.9. The van der Waals surface area contributed by atoms with Crippen molar-refractivity contribution in [1.29, 1.82) is 0 Å². The Labute approximate surface area is 153 Å². The number of hydrogen-bond donors (Lipinski definition) is 4. The summed E-state index contributed by atoms with van der Waals surface area (Å²) in [7, 11) is 0. The predicted octanol–water partition coefficient (Wildman–Crippen LogP) is 0.918. The maximum atomic E-state index is 12.9. The van der Waals surface area contributed by atoms with Crippen molar-refractivity contribution in [3.05, 3.63) is 30.1 Å². The van der Waals surface area contributed by atoms with Crippen LogP contribution in [0.3, 0.4) is 0 Å². The third-order valence-corrected chi connectivity index (χ3v) is 5.20. The molecule has 1 saturated heterocycles. The lowest BCUT2D eigenvalue weighted by Gasteiger charge is -2.45. The molecule has 2 aliphatic rings. The van der Waals surface area contributed by atoms with Gasteiger partial charge < -0.3 is 21.4 Å². The zero-order valence-electron chi connectivity index (χ0n) is 15.4. The van der Waals surface area contributed by atoms with E-state index in [9.17, 15) is 9.59 Å². The van der Waals surface area contributed by atoms with Crippen LogP contribution in [0.15, 0.2) is 24.5 Å². The average Bonchev–Trinajstić information content (AvgIpc) is 3.05. The Kier molecular flexibility index (Phi) is 4.86. The highest BCUT2D eigenvalue weighted by atomic mass is 16.2.